The van der Waals surface area contributed by atoms with Crippen molar-refractivity contribution in [3.05, 3.63) is 24.5 Å². The Balaban J connectivity index is 2.45. The summed E-state index contributed by atoms with van der Waals surface area (Å²) in [4.78, 5) is 15.2. The van der Waals surface area contributed by atoms with Crippen LogP contribution in [0.4, 0.5) is 0 Å². The number of aromatic nitrogens is 1. The van der Waals surface area contributed by atoms with Crippen molar-refractivity contribution in [3.8, 4) is 0 Å². The number of amides is 1. The highest BCUT2D eigenvalue weighted by Crippen LogP contribution is 2.12. The van der Waals surface area contributed by atoms with Gasteiger partial charge in [-0.15, -0.1) is 0 Å². The predicted molar refractivity (Wildman–Crippen MR) is 42.9 cm³/mol. The molecule has 57 valence electrons. The van der Waals surface area contributed by atoms with E-state index in [1.807, 2.05) is 0 Å². The van der Waals surface area contributed by atoms with E-state index in [0.29, 0.717) is 0 Å². The minimum Gasteiger partial charge on any atom is -0.272 e. The van der Waals surface area contributed by atoms with Crippen LogP contribution < -0.4 is 4.72 Å². The fraction of sp³-hybridized carbons (Fsp3) is 0.143. The van der Waals surface area contributed by atoms with Gasteiger partial charge in [-0.25, -0.2) is 0 Å². The number of hydrogen-bond donors (Lipinski definition) is 0. The molecule has 0 saturated heterocycles. The summed E-state index contributed by atoms with van der Waals surface area (Å²) < 4.78 is 3.64. The molecule has 0 fully saturated rings. The van der Waals surface area contributed by atoms with Gasteiger partial charge in [0.2, 0.25) is 5.91 Å². The number of carbonyl (C=O) groups is 1. The monoisotopic (exact) mass is 167 g/mol. The Morgan fingerprint density at radius 1 is 1.55 bits per heavy atom. The van der Waals surface area contributed by atoms with Gasteiger partial charge < -0.3 is 0 Å². The molecule has 1 amide bonds. The van der Waals surface area contributed by atoms with Crippen LogP contribution in [0.5, 0.6) is 0 Å². The Hall–Kier alpha value is -1.03. The summed E-state index contributed by atoms with van der Waals surface area (Å²) in [7, 11) is 0. The van der Waals surface area contributed by atoms with E-state index >= 15 is 0 Å². The standard InChI is InChI=1S/C7H7N2OS/c1-6(10)9-11-7-2-4-8-5-3-7/h2-5H,1H3. The third kappa shape index (κ3) is 3.04. The smallest absolute Gasteiger partial charge is 0.249 e. The van der Waals surface area contributed by atoms with Gasteiger partial charge in [-0.2, -0.15) is 4.72 Å². The van der Waals surface area contributed by atoms with Crippen LogP contribution >= 0.6 is 11.9 Å². The molecule has 0 unspecified atom stereocenters. The lowest BCUT2D eigenvalue weighted by Crippen LogP contribution is -2.00. The molecule has 0 aliphatic heterocycles. The zero-order valence-corrected chi connectivity index (χ0v) is 6.84. The molecule has 11 heavy (non-hydrogen) atoms. The number of carbonyl (C=O) groups excluding carboxylic acids is 1. The van der Waals surface area contributed by atoms with E-state index < -0.39 is 0 Å². The number of hydrogen-bond acceptors (Lipinski definition) is 3. The first-order chi connectivity index (χ1) is 5.29. The number of rotatable bonds is 2. The highest BCUT2D eigenvalue weighted by molar-refractivity contribution is 7.97. The van der Waals surface area contributed by atoms with E-state index in [1.54, 1.807) is 24.5 Å². The summed E-state index contributed by atoms with van der Waals surface area (Å²) in [6, 6.07) is 3.61. The maximum absolute atomic E-state index is 10.4. The molecule has 1 aromatic rings. The van der Waals surface area contributed by atoms with Crippen LogP contribution in [0.2, 0.25) is 0 Å². The average Bonchev–Trinajstić information content (AvgIpc) is 2.03. The van der Waals surface area contributed by atoms with Crippen molar-refractivity contribution < 1.29 is 4.79 Å². The Kier molecular flexibility index (Phi) is 2.92. The lowest BCUT2D eigenvalue weighted by atomic mass is 10.5. The molecule has 1 rings (SSSR count). The highest BCUT2D eigenvalue weighted by atomic mass is 32.2. The second kappa shape index (κ2) is 3.98. The van der Waals surface area contributed by atoms with Crippen molar-refractivity contribution in [3.63, 3.8) is 0 Å². The van der Waals surface area contributed by atoms with Crippen LogP contribution in [0.25, 0.3) is 0 Å². The Morgan fingerprint density at radius 3 is 2.73 bits per heavy atom. The Bertz CT molecular complexity index is 237. The van der Waals surface area contributed by atoms with Crippen molar-refractivity contribution in [2.24, 2.45) is 0 Å². The Labute approximate surface area is 69.4 Å². The van der Waals surface area contributed by atoms with Crippen molar-refractivity contribution in [2.45, 2.75) is 11.8 Å². The van der Waals surface area contributed by atoms with Crippen molar-refractivity contribution in [1.82, 2.24) is 9.71 Å². The zero-order valence-electron chi connectivity index (χ0n) is 6.02. The third-order valence-electron chi connectivity index (χ3n) is 0.929. The molecule has 4 heteroatoms. The fourth-order valence-electron chi connectivity index (χ4n) is 0.516. The lowest BCUT2D eigenvalue weighted by Gasteiger charge is -1.94. The van der Waals surface area contributed by atoms with Crippen LogP contribution in [0.3, 0.4) is 0 Å². The minimum absolute atomic E-state index is 0.174. The second-order valence-electron chi connectivity index (χ2n) is 1.88. The summed E-state index contributed by atoms with van der Waals surface area (Å²) in [6.07, 6.45) is 3.33. The van der Waals surface area contributed by atoms with Gasteiger partial charge in [0.05, 0.1) is 0 Å². The average molecular weight is 167 g/mol. The van der Waals surface area contributed by atoms with E-state index in [-0.39, 0.29) is 5.91 Å². The summed E-state index contributed by atoms with van der Waals surface area (Å²) in [5, 5.41) is 0. The van der Waals surface area contributed by atoms with Crippen LogP contribution in [0.1, 0.15) is 6.92 Å². The SMILES string of the molecule is CC(=O)[N]Sc1ccncc1. The second-order valence-corrected chi connectivity index (χ2v) is 2.72. The molecule has 0 spiro atoms. The van der Waals surface area contributed by atoms with E-state index in [4.69, 9.17) is 0 Å². The van der Waals surface area contributed by atoms with Gasteiger partial charge in [-0.3, -0.25) is 9.78 Å². The van der Waals surface area contributed by atoms with Crippen LogP contribution in [-0.2, 0) is 4.79 Å². The van der Waals surface area contributed by atoms with Gasteiger partial charge in [0.1, 0.15) is 0 Å². The zero-order chi connectivity index (χ0) is 8.10. The third-order valence-corrected chi connectivity index (χ3v) is 1.76. The van der Waals surface area contributed by atoms with E-state index in [2.05, 4.69) is 9.71 Å². The van der Waals surface area contributed by atoms with Gasteiger partial charge in [0.25, 0.3) is 0 Å². The van der Waals surface area contributed by atoms with Gasteiger partial charge >= 0.3 is 0 Å². The quantitative estimate of drug-likeness (QED) is 0.622. The lowest BCUT2D eigenvalue weighted by molar-refractivity contribution is -0.117. The van der Waals surface area contributed by atoms with Gasteiger partial charge in [0.15, 0.2) is 0 Å². The number of pyridine rings is 1. The van der Waals surface area contributed by atoms with Crippen molar-refractivity contribution in [1.29, 1.82) is 0 Å². The first kappa shape index (κ1) is 8.07. The molecule has 0 N–H and O–H groups in total. The van der Waals surface area contributed by atoms with Crippen LogP contribution in [0, 0.1) is 0 Å². The molecule has 0 bridgehead atoms. The largest absolute Gasteiger partial charge is 0.272 e. The van der Waals surface area contributed by atoms with E-state index in [1.165, 1.54) is 6.92 Å². The molecule has 1 heterocycles. The molecule has 1 radical (unpaired) electrons. The van der Waals surface area contributed by atoms with Crippen molar-refractivity contribution in [2.75, 3.05) is 0 Å². The maximum atomic E-state index is 10.4. The first-order valence-electron chi connectivity index (χ1n) is 3.07. The van der Waals surface area contributed by atoms with Crippen LogP contribution in [-0.4, -0.2) is 10.9 Å². The summed E-state index contributed by atoms with van der Waals surface area (Å²) >= 11 is 1.16. The summed E-state index contributed by atoms with van der Waals surface area (Å²) in [5.41, 5.74) is 0. The topological polar surface area (TPSA) is 44.1 Å². The highest BCUT2D eigenvalue weighted by Gasteiger charge is 1.95. The molecule has 0 aromatic carbocycles. The molecular formula is C7H7N2OS. The normalized spacial score (nSPS) is 9.18. The van der Waals surface area contributed by atoms with Crippen molar-refractivity contribution >= 4 is 17.9 Å². The van der Waals surface area contributed by atoms with E-state index in [9.17, 15) is 4.79 Å². The summed E-state index contributed by atoms with van der Waals surface area (Å²) in [6.45, 7) is 1.42. The summed E-state index contributed by atoms with van der Waals surface area (Å²) in [5.74, 6) is -0.174. The minimum atomic E-state index is -0.174. The molecular weight excluding hydrogens is 160 g/mol. The van der Waals surface area contributed by atoms with Gasteiger partial charge in [-0.1, -0.05) is 0 Å². The number of nitrogens with zero attached hydrogens (tertiary/aromatic N) is 2. The van der Waals surface area contributed by atoms with E-state index in [0.717, 1.165) is 16.8 Å². The molecule has 0 saturated carbocycles. The predicted octanol–water partition coefficient (Wildman–Crippen LogP) is 1.24. The molecule has 0 atom stereocenters. The van der Waals surface area contributed by atoms with Gasteiger partial charge in [-0.05, 0) is 12.1 Å². The molecule has 0 aliphatic rings. The first-order valence-corrected chi connectivity index (χ1v) is 3.85. The molecule has 0 aliphatic carbocycles. The molecule has 1 aromatic heterocycles. The maximum Gasteiger partial charge on any atom is 0.249 e. The van der Waals surface area contributed by atoms with Gasteiger partial charge in [0, 0.05) is 36.2 Å². The van der Waals surface area contributed by atoms with Crippen LogP contribution in [0.15, 0.2) is 29.4 Å². The Morgan fingerprint density at radius 2 is 2.18 bits per heavy atom. The fourth-order valence-corrected chi connectivity index (χ4v) is 0.993. The molecule has 3 nitrogen and oxygen atoms in total.